The Labute approximate surface area is 179 Å². The predicted molar refractivity (Wildman–Crippen MR) is 117 cm³/mol. The van der Waals surface area contributed by atoms with Gasteiger partial charge in [-0.2, -0.15) is 0 Å². The van der Waals surface area contributed by atoms with Crippen molar-refractivity contribution in [2.75, 3.05) is 49.8 Å². The molecule has 2 rings (SSSR count). The molecule has 10 heteroatoms. The molecule has 0 spiro atoms. The van der Waals surface area contributed by atoms with Gasteiger partial charge in [-0.1, -0.05) is 20.8 Å². The first-order valence-corrected chi connectivity index (χ1v) is 12.0. The van der Waals surface area contributed by atoms with Gasteiger partial charge in [0.2, 0.25) is 10.0 Å². The van der Waals surface area contributed by atoms with E-state index in [1.165, 1.54) is 0 Å². The van der Waals surface area contributed by atoms with Crippen LogP contribution in [0.1, 0.15) is 38.7 Å². The first kappa shape index (κ1) is 24.2. The molecule has 9 nitrogen and oxygen atoms in total. The number of nitrogens with two attached hydrogens (primary N) is 1. The van der Waals surface area contributed by atoms with Crippen LogP contribution in [0.5, 0.6) is 5.75 Å². The number of nitrogens with one attached hydrogen (secondary N) is 1. The highest BCUT2D eigenvalue weighted by Crippen LogP contribution is 2.30. The van der Waals surface area contributed by atoms with Crippen molar-refractivity contribution in [3.63, 3.8) is 0 Å². The molecule has 4 N–H and O–H groups in total. The van der Waals surface area contributed by atoms with Gasteiger partial charge in [-0.15, -0.1) is 0 Å². The average molecular weight is 443 g/mol. The van der Waals surface area contributed by atoms with Crippen LogP contribution in [0, 0.1) is 0 Å². The zero-order valence-corrected chi connectivity index (χ0v) is 18.8. The summed E-state index contributed by atoms with van der Waals surface area (Å²) in [5.74, 6) is 0.818. The molecule has 1 aliphatic rings. The number of aliphatic hydroxyl groups excluding tert-OH is 1. The van der Waals surface area contributed by atoms with Crippen molar-refractivity contribution in [3.05, 3.63) is 23.8 Å². The van der Waals surface area contributed by atoms with Crippen molar-refractivity contribution in [2.45, 2.75) is 39.2 Å². The summed E-state index contributed by atoms with van der Waals surface area (Å²) in [6, 6.07) is 4.77. The van der Waals surface area contributed by atoms with Crippen LogP contribution in [0.3, 0.4) is 0 Å². The second-order valence-electron chi connectivity index (χ2n) is 7.92. The zero-order valence-electron chi connectivity index (χ0n) is 18.0. The minimum atomic E-state index is -3.36. The normalized spacial score (nSPS) is 16.5. The van der Waals surface area contributed by atoms with Crippen LogP contribution in [-0.2, 0) is 10.0 Å². The van der Waals surface area contributed by atoms with Gasteiger partial charge < -0.3 is 20.5 Å². The Kier molecular flexibility index (Phi) is 8.75. The number of hydrogen-bond acceptors (Lipinski definition) is 6. The first-order valence-electron chi connectivity index (χ1n) is 10.3. The molecular formula is C20H34N4O5S. The lowest BCUT2D eigenvalue weighted by Crippen LogP contribution is -2.52. The van der Waals surface area contributed by atoms with E-state index >= 15 is 0 Å². The minimum Gasteiger partial charge on any atom is -0.491 e. The average Bonchev–Trinajstić information content (AvgIpc) is 2.66. The van der Waals surface area contributed by atoms with E-state index in [2.05, 4.69) is 9.62 Å². The number of urea groups is 1. The fourth-order valence-electron chi connectivity index (χ4n) is 3.38. The molecule has 0 aliphatic carbocycles. The molecule has 0 bridgehead atoms. The van der Waals surface area contributed by atoms with E-state index in [9.17, 15) is 18.3 Å². The number of aliphatic hydroxyl groups is 1. The molecule has 1 aliphatic heterocycles. The van der Waals surface area contributed by atoms with E-state index in [1.54, 1.807) is 23.1 Å². The van der Waals surface area contributed by atoms with Crippen molar-refractivity contribution in [1.82, 2.24) is 9.80 Å². The number of β-amino-alcohol motifs (C(OH)–C–C–N with tert-alkyl or cyclic N) is 1. The third-order valence-corrected chi connectivity index (χ3v) is 6.45. The second-order valence-corrected chi connectivity index (χ2v) is 9.76. The molecule has 0 aromatic heterocycles. The fraction of sp³-hybridized carbons (Fsp3) is 0.650. The summed E-state index contributed by atoms with van der Waals surface area (Å²) < 4.78 is 32.5. The smallest absolute Gasteiger partial charge is 0.314 e. The number of carbonyl (C=O) groups excluding carboxylic acids is 1. The molecule has 1 unspecified atom stereocenters. The third kappa shape index (κ3) is 7.33. The van der Waals surface area contributed by atoms with E-state index in [1.807, 2.05) is 20.8 Å². The van der Waals surface area contributed by atoms with Gasteiger partial charge in [0, 0.05) is 38.4 Å². The molecule has 1 saturated heterocycles. The van der Waals surface area contributed by atoms with Gasteiger partial charge in [-0.3, -0.25) is 9.62 Å². The van der Waals surface area contributed by atoms with Gasteiger partial charge in [0.05, 0.1) is 5.75 Å². The van der Waals surface area contributed by atoms with Crippen molar-refractivity contribution < 1.29 is 23.1 Å². The Bertz CT molecular complexity index is 807. The molecule has 1 fully saturated rings. The minimum absolute atomic E-state index is 0.0716. The van der Waals surface area contributed by atoms with E-state index in [4.69, 9.17) is 10.5 Å². The SMILES string of the molecule is CCCS(=O)(=O)Nc1ccc(OCC(O)CN2CCN(C(N)=O)CC2)c(C(C)C)c1. The number of carbonyl (C=O) groups is 1. The van der Waals surface area contributed by atoms with Gasteiger partial charge in [0.15, 0.2) is 0 Å². The molecule has 170 valence electrons. The Balaban J connectivity index is 1.93. The highest BCUT2D eigenvalue weighted by Gasteiger charge is 2.21. The van der Waals surface area contributed by atoms with Crippen LogP contribution in [0.2, 0.25) is 0 Å². The largest absolute Gasteiger partial charge is 0.491 e. The van der Waals surface area contributed by atoms with Crippen molar-refractivity contribution in [2.24, 2.45) is 5.73 Å². The summed E-state index contributed by atoms with van der Waals surface area (Å²) in [7, 11) is -3.36. The molecule has 1 aromatic carbocycles. The maximum Gasteiger partial charge on any atom is 0.314 e. The summed E-state index contributed by atoms with van der Waals surface area (Å²) in [5.41, 5.74) is 6.66. The first-order chi connectivity index (χ1) is 14.1. The maximum absolute atomic E-state index is 12.0. The number of amides is 2. The summed E-state index contributed by atoms with van der Waals surface area (Å²) in [6.45, 7) is 8.80. The number of benzene rings is 1. The molecule has 1 heterocycles. The van der Waals surface area contributed by atoms with Crippen molar-refractivity contribution in [1.29, 1.82) is 0 Å². The molecule has 1 atom stereocenters. The van der Waals surface area contributed by atoms with Crippen LogP contribution >= 0.6 is 0 Å². The summed E-state index contributed by atoms with van der Waals surface area (Å²) in [4.78, 5) is 14.8. The van der Waals surface area contributed by atoms with E-state index in [0.717, 1.165) is 5.56 Å². The summed E-state index contributed by atoms with van der Waals surface area (Å²) >= 11 is 0. The Hall–Kier alpha value is -2.04. The van der Waals surface area contributed by atoms with Gasteiger partial charge in [0.25, 0.3) is 0 Å². The van der Waals surface area contributed by atoms with Gasteiger partial charge in [0.1, 0.15) is 18.5 Å². The number of sulfonamides is 1. The van der Waals surface area contributed by atoms with Gasteiger partial charge >= 0.3 is 6.03 Å². The molecule has 0 radical (unpaired) electrons. The molecular weight excluding hydrogens is 408 g/mol. The number of rotatable bonds is 10. The Morgan fingerprint density at radius 1 is 1.27 bits per heavy atom. The van der Waals surface area contributed by atoms with E-state index in [-0.39, 0.29) is 18.3 Å². The fourth-order valence-corrected chi connectivity index (χ4v) is 4.51. The quantitative estimate of drug-likeness (QED) is 0.503. The van der Waals surface area contributed by atoms with Crippen LogP contribution in [0.4, 0.5) is 10.5 Å². The molecule has 1 aromatic rings. The number of anilines is 1. The predicted octanol–water partition coefficient (Wildman–Crippen LogP) is 1.40. The lowest BCUT2D eigenvalue weighted by Gasteiger charge is -2.34. The number of primary amides is 1. The zero-order chi connectivity index (χ0) is 22.3. The van der Waals surface area contributed by atoms with Crippen LogP contribution in [0.25, 0.3) is 0 Å². The topological polar surface area (TPSA) is 125 Å². The number of nitrogens with zero attached hydrogens (tertiary/aromatic N) is 2. The maximum atomic E-state index is 12.0. The van der Waals surface area contributed by atoms with Crippen LogP contribution in [0.15, 0.2) is 18.2 Å². The van der Waals surface area contributed by atoms with E-state index < -0.39 is 22.2 Å². The number of hydrogen-bond donors (Lipinski definition) is 3. The third-order valence-electron chi connectivity index (χ3n) is 4.96. The highest BCUT2D eigenvalue weighted by molar-refractivity contribution is 7.92. The van der Waals surface area contributed by atoms with Crippen LogP contribution < -0.4 is 15.2 Å². The number of ether oxygens (including phenoxy) is 1. The van der Waals surface area contributed by atoms with Gasteiger partial charge in [-0.25, -0.2) is 13.2 Å². The second kappa shape index (κ2) is 10.8. The standard InChI is InChI=1S/C20H34N4O5S/c1-4-11-30(27,28)22-16-5-6-19(18(12-16)15(2)3)29-14-17(25)13-23-7-9-24(10-8-23)20(21)26/h5-6,12,15,17,22,25H,4,7-11,13-14H2,1-3H3,(H2,21,26). The van der Waals surface area contributed by atoms with E-state index in [0.29, 0.717) is 50.6 Å². The lowest BCUT2D eigenvalue weighted by atomic mass is 10.0. The van der Waals surface area contributed by atoms with Crippen molar-refractivity contribution in [3.8, 4) is 5.75 Å². The Morgan fingerprint density at radius 2 is 1.93 bits per heavy atom. The molecule has 2 amide bonds. The summed E-state index contributed by atoms with van der Waals surface area (Å²) in [6.07, 6.45) is -0.142. The number of piperazine rings is 1. The monoisotopic (exact) mass is 442 g/mol. The Morgan fingerprint density at radius 3 is 2.50 bits per heavy atom. The molecule has 0 saturated carbocycles. The van der Waals surface area contributed by atoms with Gasteiger partial charge in [-0.05, 0) is 36.1 Å². The molecule has 30 heavy (non-hydrogen) atoms. The van der Waals surface area contributed by atoms with Crippen LogP contribution in [-0.4, -0.2) is 80.5 Å². The summed E-state index contributed by atoms with van der Waals surface area (Å²) in [5, 5.41) is 10.4. The lowest BCUT2D eigenvalue weighted by molar-refractivity contribution is 0.0519. The highest BCUT2D eigenvalue weighted by atomic mass is 32.2. The van der Waals surface area contributed by atoms with Crippen molar-refractivity contribution >= 4 is 21.7 Å².